The van der Waals surface area contributed by atoms with Crippen LogP contribution in [-0.2, 0) is 14.9 Å². The molecule has 0 bridgehead atoms. The number of hydrogen-bond acceptors (Lipinski definition) is 7. The van der Waals surface area contributed by atoms with Crippen LogP contribution in [0.25, 0.3) is 0 Å². The van der Waals surface area contributed by atoms with E-state index >= 15 is 0 Å². The van der Waals surface area contributed by atoms with Crippen LogP contribution in [0, 0.1) is 0 Å². The van der Waals surface area contributed by atoms with Gasteiger partial charge in [-0.2, -0.15) is 8.42 Å². The molecule has 25 heavy (non-hydrogen) atoms. The summed E-state index contributed by atoms with van der Waals surface area (Å²) in [6.45, 7) is 0. The van der Waals surface area contributed by atoms with Crippen molar-refractivity contribution < 1.29 is 42.0 Å². The monoisotopic (exact) mass is 372 g/mol. The first-order valence-corrected chi connectivity index (χ1v) is 7.98. The maximum Gasteiger partial charge on any atom is 0.336 e. The second-order valence-electron chi connectivity index (χ2n) is 4.74. The van der Waals surface area contributed by atoms with Crippen LogP contribution < -0.4 is 11.1 Å². The molecule has 0 radical (unpaired) electrons. The van der Waals surface area contributed by atoms with Gasteiger partial charge in [0, 0.05) is 11.1 Å². The summed E-state index contributed by atoms with van der Waals surface area (Å²) >= 11 is 0. The van der Waals surface area contributed by atoms with Crippen molar-refractivity contribution >= 4 is 40.5 Å². The number of carbonyl (C=O) groups is 5. The largest absolute Gasteiger partial charge is 0.478 e. The molecule has 0 aliphatic carbocycles. The molecule has 0 fully saturated rings. The Morgan fingerprint density at radius 1 is 1.12 bits per heavy atom. The molecule has 1 rings (SSSR count). The van der Waals surface area contributed by atoms with E-state index in [0.29, 0.717) is 0 Å². The quantitative estimate of drug-likeness (QED) is 0.309. The van der Waals surface area contributed by atoms with E-state index in [1.54, 1.807) is 0 Å². The minimum atomic E-state index is -4.67. The number of nitrogens with two attached hydrogens (primary N) is 1. The van der Waals surface area contributed by atoms with Gasteiger partial charge in [-0.3, -0.25) is 23.7 Å². The van der Waals surface area contributed by atoms with Crippen molar-refractivity contribution in [1.82, 2.24) is 5.32 Å². The summed E-state index contributed by atoms with van der Waals surface area (Å²) in [5, 5.41) is 10.9. The zero-order valence-electron chi connectivity index (χ0n) is 12.3. The van der Waals surface area contributed by atoms with Gasteiger partial charge in [-0.25, -0.2) is 4.79 Å². The predicted molar refractivity (Wildman–Crippen MR) is 81.0 cm³/mol. The van der Waals surface area contributed by atoms with E-state index in [9.17, 15) is 32.4 Å². The van der Waals surface area contributed by atoms with E-state index in [-0.39, 0.29) is 23.7 Å². The summed E-state index contributed by atoms with van der Waals surface area (Å²) in [4.78, 5) is 56.4. The van der Waals surface area contributed by atoms with Crippen molar-refractivity contribution in [2.75, 3.05) is 5.75 Å². The molecule has 0 saturated heterocycles. The Morgan fingerprint density at radius 3 is 2.04 bits per heavy atom. The van der Waals surface area contributed by atoms with Crippen LogP contribution in [0.15, 0.2) is 12.1 Å². The van der Waals surface area contributed by atoms with Crippen molar-refractivity contribution in [2.45, 2.75) is 6.04 Å². The Hall–Kier alpha value is -3.12. The molecule has 0 spiro atoms. The van der Waals surface area contributed by atoms with Gasteiger partial charge >= 0.3 is 5.97 Å². The zero-order valence-corrected chi connectivity index (χ0v) is 13.1. The third-order valence-electron chi connectivity index (χ3n) is 2.98. The van der Waals surface area contributed by atoms with E-state index < -0.39 is 50.8 Å². The number of carboxylic acid groups (broad SMARTS) is 1. The van der Waals surface area contributed by atoms with Crippen LogP contribution >= 0.6 is 0 Å². The fraction of sp³-hybridized carbons (Fsp3) is 0.154. The maximum atomic E-state index is 12.2. The van der Waals surface area contributed by atoms with E-state index in [4.69, 9.17) is 15.4 Å². The van der Waals surface area contributed by atoms with Crippen molar-refractivity contribution in [1.29, 1.82) is 0 Å². The van der Waals surface area contributed by atoms with Crippen molar-refractivity contribution in [2.24, 2.45) is 5.73 Å². The third-order valence-corrected chi connectivity index (χ3v) is 3.73. The second-order valence-corrected chi connectivity index (χ2v) is 6.24. The van der Waals surface area contributed by atoms with E-state index in [2.05, 4.69) is 0 Å². The van der Waals surface area contributed by atoms with Crippen LogP contribution in [0.5, 0.6) is 0 Å². The lowest BCUT2D eigenvalue weighted by atomic mass is 9.98. The first-order valence-electron chi connectivity index (χ1n) is 6.37. The standard InChI is InChI=1S/C13H12N2O9S/c14-11(18)10(5-25(22,23)24)15-12(19)8-2-9(13(20)21)7(4-17)1-6(8)3-16/h1-4,10H,5H2,(H2,14,18)(H,15,19)(H,20,21)(H,22,23,24)/t10-/m1/s1. The van der Waals surface area contributed by atoms with Crippen LogP contribution in [0.1, 0.15) is 41.4 Å². The molecule has 0 saturated carbocycles. The molecular weight excluding hydrogens is 360 g/mol. The van der Waals surface area contributed by atoms with Gasteiger partial charge in [-0.15, -0.1) is 0 Å². The molecule has 5 N–H and O–H groups in total. The lowest BCUT2D eigenvalue weighted by Gasteiger charge is -2.15. The average molecular weight is 372 g/mol. The summed E-state index contributed by atoms with van der Waals surface area (Å²) < 4.78 is 30.4. The van der Waals surface area contributed by atoms with Crippen LogP contribution in [0.2, 0.25) is 0 Å². The van der Waals surface area contributed by atoms with Crippen molar-refractivity contribution in [3.05, 3.63) is 34.4 Å². The van der Waals surface area contributed by atoms with Crippen molar-refractivity contribution in [3.63, 3.8) is 0 Å². The number of carboxylic acids is 1. The summed E-state index contributed by atoms with van der Waals surface area (Å²) in [6, 6.07) is -0.266. The number of primary amides is 1. The molecular formula is C13H12N2O9S. The summed E-state index contributed by atoms with van der Waals surface area (Å²) in [5.41, 5.74) is 3.07. The van der Waals surface area contributed by atoms with Crippen LogP contribution in [0.3, 0.4) is 0 Å². The van der Waals surface area contributed by atoms with Gasteiger partial charge < -0.3 is 16.2 Å². The first-order chi connectivity index (χ1) is 11.5. The summed E-state index contributed by atoms with van der Waals surface area (Å²) in [6.07, 6.45) is 0.332. The highest BCUT2D eigenvalue weighted by molar-refractivity contribution is 7.85. The van der Waals surface area contributed by atoms with Gasteiger partial charge in [-0.05, 0) is 12.1 Å². The number of aldehydes is 2. The second kappa shape index (κ2) is 7.63. The minimum Gasteiger partial charge on any atom is -0.478 e. The number of aromatic carboxylic acids is 1. The molecule has 1 aromatic carbocycles. The molecule has 1 atom stereocenters. The molecule has 0 unspecified atom stereocenters. The normalized spacial score (nSPS) is 12.0. The summed E-state index contributed by atoms with van der Waals surface area (Å²) in [7, 11) is -4.67. The number of benzene rings is 1. The minimum absolute atomic E-state index is 0.162. The lowest BCUT2D eigenvalue weighted by molar-refractivity contribution is -0.119. The SMILES string of the molecule is NC(=O)[C@@H](CS(=O)(=O)O)NC(=O)c1cc(C(=O)O)c(C=O)cc1C=O. The highest BCUT2D eigenvalue weighted by Gasteiger charge is 2.26. The molecule has 11 nitrogen and oxygen atoms in total. The van der Waals surface area contributed by atoms with Gasteiger partial charge in [0.1, 0.15) is 11.8 Å². The number of carbonyl (C=O) groups excluding carboxylic acids is 4. The van der Waals surface area contributed by atoms with Gasteiger partial charge in [0.2, 0.25) is 5.91 Å². The smallest absolute Gasteiger partial charge is 0.336 e. The fourth-order valence-electron chi connectivity index (χ4n) is 1.85. The van der Waals surface area contributed by atoms with Crippen molar-refractivity contribution in [3.8, 4) is 0 Å². The molecule has 0 aliphatic heterocycles. The Morgan fingerprint density at radius 2 is 1.64 bits per heavy atom. The van der Waals surface area contributed by atoms with Gasteiger partial charge in [-0.1, -0.05) is 0 Å². The van der Waals surface area contributed by atoms with Gasteiger partial charge in [0.25, 0.3) is 16.0 Å². The predicted octanol–water partition coefficient (Wildman–Crippen LogP) is -1.52. The topological polar surface area (TPSA) is 198 Å². The highest BCUT2D eigenvalue weighted by Crippen LogP contribution is 2.16. The molecule has 1 aromatic rings. The lowest BCUT2D eigenvalue weighted by Crippen LogP contribution is -2.48. The third kappa shape index (κ3) is 5.19. The average Bonchev–Trinajstić information content (AvgIpc) is 2.51. The Kier molecular flexibility index (Phi) is 6.08. The number of amides is 2. The van der Waals surface area contributed by atoms with Crippen LogP contribution in [-0.4, -0.2) is 60.2 Å². The Bertz CT molecular complexity index is 860. The van der Waals surface area contributed by atoms with Gasteiger partial charge in [0.15, 0.2) is 12.6 Å². The first kappa shape index (κ1) is 19.9. The summed E-state index contributed by atoms with van der Waals surface area (Å²) in [5.74, 6) is -5.27. The molecule has 0 aliphatic rings. The molecule has 12 heteroatoms. The van der Waals surface area contributed by atoms with E-state index in [1.165, 1.54) is 0 Å². The number of rotatable bonds is 8. The number of hydrogen-bond donors (Lipinski definition) is 4. The van der Waals surface area contributed by atoms with E-state index in [1.807, 2.05) is 5.32 Å². The van der Waals surface area contributed by atoms with Gasteiger partial charge in [0.05, 0.1) is 11.1 Å². The maximum absolute atomic E-state index is 12.2. The zero-order chi connectivity index (χ0) is 19.4. The molecule has 0 heterocycles. The van der Waals surface area contributed by atoms with E-state index in [0.717, 1.165) is 12.1 Å². The number of nitrogens with one attached hydrogen (secondary N) is 1. The Labute approximate surface area is 140 Å². The molecule has 0 aromatic heterocycles. The Balaban J connectivity index is 3.33. The highest BCUT2D eigenvalue weighted by atomic mass is 32.2. The fourth-order valence-corrected chi connectivity index (χ4v) is 2.52. The molecule has 2 amide bonds. The van der Waals surface area contributed by atoms with Crippen LogP contribution in [0.4, 0.5) is 0 Å². The molecule has 134 valence electrons.